The van der Waals surface area contributed by atoms with Gasteiger partial charge in [0.15, 0.2) is 0 Å². The molecule has 0 spiro atoms. The van der Waals surface area contributed by atoms with Crippen LogP contribution in [0.4, 0.5) is 17.5 Å². The van der Waals surface area contributed by atoms with Gasteiger partial charge in [-0.05, 0) is 25.0 Å². The van der Waals surface area contributed by atoms with Crippen LogP contribution in [0, 0.1) is 5.92 Å². The van der Waals surface area contributed by atoms with Gasteiger partial charge in [-0.25, -0.2) is 15.0 Å². The van der Waals surface area contributed by atoms with Crippen LogP contribution >= 0.6 is 0 Å². The Morgan fingerprint density at radius 2 is 1.69 bits per heavy atom. The van der Waals surface area contributed by atoms with Crippen LogP contribution in [0.25, 0.3) is 0 Å². The molecule has 0 unspecified atom stereocenters. The van der Waals surface area contributed by atoms with Crippen molar-refractivity contribution < 1.29 is 4.79 Å². The fraction of sp³-hybridized carbons (Fsp3) is 0.474. The Hall–Kier alpha value is -2.70. The number of carbonyl (C=O) groups is 1. The van der Waals surface area contributed by atoms with Crippen LogP contribution < -0.4 is 15.1 Å². The van der Waals surface area contributed by atoms with Crippen molar-refractivity contribution in [1.29, 1.82) is 0 Å². The van der Waals surface area contributed by atoms with E-state index in [1.54, 1.807) is 12.4 Å². The molecule has 1 aliphatic rings. The Kier molecular flexibility index (Phi) is 5.99. The monoisotopic (exact) mass is 354 g/mol. The number of amides is 1. The van der Waals surface area contributed by atoms with E-state index in [9.17, 15) is 4.79 Å². The molecule has 1 amide bonds. The summed E-state index contributed by atoms with van der Waals surface area (Å²) in [7, 11) is 0. The smallest absolute Gasteiger partial charge is 0.227 e. The van der Waals surface area contributed by atoms with Crippen LogP contribution in [0.15, 0.2) is 36.8 Å². The molecule has 2 aromatic rings. The van der Waals surface area contributed by atoms with Gasteiger partial charge in [0, 0.05) is 38.3 Å². The van der Waals surface area contributed by atoms with Crippen LogP contribution in [0.3, 0.4) is 0 Å². The van der Waals surface area contributed by atoms with Gasteiger partial charge in [-0.1, -0.05) is 19.9 Å². The van der Waals surface area contributed by atoms with Gasteiger partial charge in [-0.2, -0.15) is 0 Å². The Morgan fingerprint density at radius 1 is 1.04 bits per heavy atom. The summed E-state index contributed by atoms with van der Waals surface area (Å²) < 4.78 is 0. The molecule has 0 aliphatic carbocycles. The highest BCUT2D eigenvalue weighted by Gasteiger charge is 2.20. The zero-order valence-corrected chi connectivity index (χ0v) is 15.4. The van der Waals surface area contributed by atoms with Crippen molar-refractivity contribution in [2.45, 2.75) is 26.7 Å². The average Bonchev–Trinajstić information content (AvgIpc) is 2.70. The maximum Gasteiger partial charge on any atom is 0.227 e. The van der Waals surface area contributed by atoms with Crippen molar-refractivity contribution in [3.63, 3.8) is 0 Å². The Morgan fingerprint density at radius 3 is 2.27 bits per heavy atom. The van der Waals surface area contributed by atoms with Crippen molar-refractivity contribution >= 4 is 23.4 Å². The Balaban J connectivity index is 1.55. The first-order chi connectivity index (χ1) is 12.7. The van der Waals surface area contributed by atoms with Gasteiger partial charge in [0.2, 0.25) is 11.9 Å². The predicted octanol–water partition coefficient (Wildman–Crippen LogP) is 2.57. The Bertz CT molecular complexity index is 694. The molecule has 0 saturated carbocycles. The molecule has 7 heteroatoms. The van der Waals surface area contributed by atoms with Crippen molar-refractivity contribution in [2.75, 3.05) is 41.3 Å². The van der Waals surface area contributed by atoms with Crippen LogP contribution in [0.5, 0.6) is 0 Å². The van der Waals surface area contributed by atoms with Gasteiger partial charge in [0.05, 0.1) is 18.1 Å². The molecular weight excluding hydrogens is 328 g/mol. The number of rotatable bonds is 6. The van der Waals surface area contributed by atoms with Crippen molar-refractivity contribution in [3.8, 4) is 0 Å². The number of pyridine rings is 1. The lowest BCUT2D eigenvalue weighted by Crippen LogP contribution is -2.47. The van der Waals surface area contributed by atoms with Gasteiger partial charge in [-0.15, -0.1) is 0 Å². The summed E-state index contributed by atoms with van der Waals surface area (Å²) in [5.41, 5.74) is 0.651. The molecule has 7 nitrogen and oxygen atoms in total. The lowest BCUT2D eigenvalue weighted by atomic mass is 10.0. The first-order valence-corrected chi connectivity index (χ1v) is 9.25. The quantitative estimate of drug-likeness (QED) is 0.859. The van der Waals surface area contributed by atoms with E-state index in [4.69, 9.17) is 0 Å². The summed E-state index contributed by atoms with van der Waals surface area (Å²) in [5.74, 6) is 1.78. The first kappa shape index (κ1) is 18.1. The lowest BCUT2D eigenvalue weighted by Gasteiger charge is -2.35. The molecule has 0 aromatic carbocycles. The highest BCUT2D eigenvalue weighted by molar-refractivity contribution is 5.92. The molecule has 0 radical (unpaired) electrons. The van der Waals surface area contributed by atoms with E-state index in [1.165, 1.54) is 0 Å². The maximum atomic E-state index is 12.1. The summed E-state index contributed by atoms with van der Waals surface area (Å²) in [4.78, 5) is 29.8. The number of piperazine rings is 1. The van der Waals surface area contributed by atoms with E-state index in [0.717, 1.165) is 44.8 Å². The third-order valence-electron chi connectivity index (χ3n) is 4.80. The molecule has 3 heterocycles. The minimum Gasteiger partial charge on any atom is -0.353 e. The molecular formula is C19H26N6O. The van der Waals surface area contributed by atoms with Crippen LogP contribution in [0.1, 0.15) is 26.7 Å². The van der Waals surface area contributed by atoms with E-state index in [-0.39, 0.29) is 11.8 Å². The molecule has 3 rings (SSSR count). The zero-order valence-electron chi connectivity index (χ0n) is 15.4. The molecule has 0 bridgehead atoms. The second kappa shape index (κ2) is 8.60. The van der Waals surface area contributed by atoms with E-state index < -0.39 is 0 Å². The summed E-state index contributed by atoms with van der Waals surface area (Å²) in [6, 6.07) is 5.97. The average molecular weight is 354 g/mol. The first-order valence-electron chi connectivity index (χ1n) is 9.25. The second-order valence-electron chi connectivity index (χ2n) is 6.44. The third kappa shape index (κ3) is 4.28. The molecule has 138 valence electrons. The number of anilines is 3. The summed E-state index contributed by atoms with van der Waals surface area (Å²) in [6.07, 6.45) is 6.87. The van der Waals surface area contributed by atoms with Gasteiger partial charge in [0.25, 0.3) is 0 Å². The number of hydrogen-bond acceptors (Lipinski definition) is 6. The number of hydrogen-bond donors (Lipinski definition) is 1. The van der Waals surface area contributed by atoms with Crippen LogP contribution in [-0.4, -0.2) is 47.0 Å². The van der Waals surface area contributed by atoms with Crippen LogP contribution in [0.2, 0.25) is 0 Å². The standard InChI is InChI=1S/C19H26N6O/c1-3-15(4-2)18(26)23-16-13-21-19(22-14-16)25-11-9-24(10-12-25)17-7-5-6-8-20-17/h5-8,13-15H,3-4,9-12H2,1-2H3,(H,23,26). The molecule has 1 aliphatic heterocycles. The van der Waals surface area contributed by atoms with Crippen molar-refractivity contribution in [3.05, 3.63) is 36.8 Å². The minimum absolute atomic E-state index is 0.0364. The molecule has 1 N–H and O–H groups in total. The fourth-order valence-corrected chi connectivity index (χ4v) is 3.13. The van der Waals surface area contributed by atoms with Gasteiger partial charge >= 0.3 is 0 Å². The normalized spacial score (nSPS) is 14.6. The van der Waals surface area contributed by atoms with E-state index >= 15 is 0 Å². The Labute approximate surface area is 154 Å². The highest BCUT2D eigenvalue weighted by Crippen LogP contribution is 2.17. The minimum atomic E-state index is 0.0364. The van der Waals surface area contributed by atoms with Crippen molar-refractivity contribution in [1.82, 2.24) is 15.0 Å². The summed E-state index contributed by atoms with van der Waals surface area (Å²) >= 11 is 0. The number of carbonyl (C=O) groups excluding carboxylic acids is 1. The lowest BCUT2D eigenvalue weighted by molar-refractivity contribution is -0.120. The van der Waals surface area contributed by atoms with Crippen LogP contribution in [-0.2, 0) is 4.79 Å². The zero-order chi connectivity index (χ0) is 18.4. The van der Waals surface area contributed by atoms with Gasteiger partial charge in [0.1, 0.15) is 5.82 Å². The molecule has 26 heavy (non-hydrogen) atoms. The second-order valence-corrected chi connectivity index (χ2v) is 6.44. The fourth-order valence-electron chi connectivity index (χ4n) is 3.13. The van der Waals surface area contributed by atoms with Gasteiger partial charge in [-0.3, -0.25) is 4.79 Å². The topological polar surface area (TPSA) is 74.2 Å². The van der Waals surface area contributed by atoms with Gasteiger partial charge < -0.3 is 15.1 Å². The largest absolute Gasteiger partial charge is 0.353 e. The molecule has 1 fully saturated rings. The molecule has 1 saturated heterocycles. The summed E-state index contributed by atoms with van der Waals surface area (Å²) in [6.45, 7) is 7.50. The molecule has 2 aromatic heterocycles. The number of aromatic nitrogens is 3. The SMILES string of the molecule is CCC(CC)C(=O)Nc1cnc(N2CCN(c3ccccn3)CC2)nc1. The van der Waals surface area contributed by atoms with E-state index in [1.807, 2.05) is 38.2 Å². The van der Waals surface area contributed by atoms with E-state index in [0.29, 0.717) is 11.6 Å². The highest BCUT2D eigenvalue weighted by atomic mass is 16.1. The maximum absolute atomic E-state index is 12.1. The van der Waals surface area contributed by atoms with E-state index in [2.05, 4.69) is 30.1 Å². The number of nitrogens with one attached hydrogen (secondary N) is 1. The van der Waals surface area contributed by atoms with Crippen molar-refractivity contribution in [2.24, 2.45) is 5.92 Å². The number of nitrogens with zero attached hydrogens (tertiary/aromatic N) is 5. The predicted molar refractivity (Wildman–Crippen MR) is 103 cm³/mol. The molecule has 0 atom stereocenters. The summed E-state index contributed by atoms with van der Waals surface area (Å²) in [5, 5.41) is 2.90. The third-order valence-corrected chi connectivity index (χ3v) is 4.80.